The molecule has 0 bridgehead atoms. The van der Waals surface area contributed by atoms with Crippen LogP contribution in [0.25, 0.3) is 0 Å². The van der Waals surface area contributed by atoms with Gasteiger partial charge in [0, 0.05) is 5.92 Å². The summed E-state index contributed by atoms with van der Waals surface area (Å²) in [5.74, 6) is 1.67. The first-order valence-electron chi connectivity index (χ1n) is 5.67. The lowest BCUT2D eigenvalue weighted by Gasteiger charge is -2.26. The third kappa shape index (κ3) is 1.23. The zero-order valence-electron chi connectivity index (χ0n) is 8.98. The first-order chi connectivity index (χ1) is 7.79. The molecule has 1 heterocycles. The summed E-state index contributed by atoms with van der Waals surface area (Å²) in [5, 5.41) is 8.92. The summed E-state index contributed by atoms with van der Waals surface area (Å²) in [6.45, 7) is 0. The summed E-state index contributed by atoms with van der Waals surface area (Å²) in [5.41, 5.74) is 8.89. The predicted molar refractivity (Wildman–Crippen MR) is 62.5 cm³/mol. The van der Waals surface area contributed by atoms with Crippen LogP contribution in [0.15, 0.2) is 23.2 Å². The molecule has 0 spiro atoms. The smallest absolute Gasteiger partial charge is 0.103 e. The molecular formula is C13H13N3. The number of nitrogens with two attached hydrogens (primary N) is 1. The minimum Gasteiger partial charge on any atom is -0.387 e. The number of nitriles is 1. The van der Waals surface area contributed by atoms with Crippen molar-refractivity contribution in [2.45, 2.75) is 25.2 Å². The molecule has 0 saturated heterocycles. The zero-order valence-corrected chi connectivity index (χ0v) is 8.98. The number of hydrogen-bond acceptors (Lipinski definition) is 3. The van der Waals surface area contributed by atoms with Crippen LogP contribution in [0.5, 0.6) is 0 Å². The Hall–Kier alpha value is -1.82. The number of nitrogens with zero attached hydrogens (tertiary/aromatic N) is 2. The fraction of sp³-hybridized carbons (Fsp3) is 0.385. The molecule has 0 aromatic heterocycles. The Bertz CT molecular complexity index is 510. The maximum Gasteiger partial charge on any atom is 0.103 e. The van der Waals surface area contributed by atoms with Crippen LogP contribution in [0.3, 0.4) is 0 Å². The van der Waals surface area contributed by atoms with Gasteiger partial charge in [0.2, 0.25) is 0 Å². The second-order valence-corrected chi connectivity index (χ2v) is 4.57. The Labute approximate surface area is 94.6 Å². The van der Waals surface area contributed by atoms with E-state index in [0.717, 1.165) is 23.5 Å². The molecule has 3 nitrogen and oxygen atoms in total. The van der Waals surface area contributed by atoms with Gasteiger partial charge in [-0.1, -0.05) is 6.42 Å². The number of rotatable bonds is 0. The lowest BCUT2D eigenvalue weighted by molar-refractivity contribution is 0.610. The lowest BCUT2D eigenvalue weighted by Crippen LogP contribution is -2.28. The van der Waals surface area contributed by atoms with E-state index in [1.54, 1.807) is 0 Å². The van der Waals surface area contributed by atoms with Crippen LogP contribution in [0.4, 0.5) is 5.69 Å². The van der Waals surface area contributed by atoms with Crippen molar-refractivity contribution < 1.29 is 0 Å². The summed E-state index contributed by atoms with van der Waals surface area (Å²) >= 11 is 0. The van der Waals surface area contributed by atoms with Gasteiger partial charge in [-0.05, 0) is 42.5 Å². The fourth-order valence-corrected chi connectivity index (χ4v) is 2.93. The van der Waals surface area contributed by atoms with Gasteiger partial charge in [-0.15, -0.1) is 0 Å². The molecule has 1 fully saturated rings. The molecule has 2 aliphatic rings. The number of benzene rings is 1. The molecular weight excluding hydrogens is 198 g/mol. The molecule has 1 aliphatic heterocycles. The first kappa shape index (κ1) is 9.41. The van der Waals surface area contributed by atoms with Crippen molar-refractivity contribution in [3.8, 4) is 6.07 Å². The third-order valence-electron chi connectivity index (χ3n) is 3.70. The number of fused-ring (bicyclic) bond motifs is 3. The highest BCUT2D eigenvalue weighted by Crippen LogP contribution is 2.46. The lowest BCUT2D eigenvalue weighted by atomic mass is 9.84. The van der Waals surface area contributed by atoms with Crippen molar-refractivity contribution in [1.29, 1.82) is 5.26 Å². The molecule has 80 valence electrons. The molecule has 1 aliphatic carbocycles. The van der Waals surface area contributed by atoms with Gasteiger partial charge >= 0.3 is 0 Å². The average molecular weight is 211 g/mol. The Balaban J connectivity index is 2.16. The molecule has 0 radical (unpaired) electrons. The number of amidine groups is 1. The Morgan fingerprint density at radius 2 is 2.12 bits per heavy atom. The Kier molecular flexibility index (Phi) is 1.97. The summed E-state index contributed by atoms with van der Waals surface area (Å²) in [6.07, 6.45) is 3.51. The van der Waals surface area contributed by atoms with Gasteiger partial charge in [0.25, 0.3) is 0 Å². The molecule has 1 saturated carbocycles. The van der Waals surface area contributed by atoms with E-state index in [0.29, 0.717) is 11.8 Å². The van der Waals surface area contributed by atoms with Gasteiger partial charge in [-0.2, -0.15) is 5.26 Å². The number of hydrogen-bond donors (Lipinski definition) is 1. The maximum atomic E-state index is 8.92. The quantitative estimate of drug-likeness (QED) is 0.716. The van der Waals surface area contributed by atoms with Gasteiger partial charge in [-0.3, -0.25) is 0 Å². The topological polar surface area (TPSA) is 62.2 Å². The van der Waals surface area contributed by atoms with Crippen LogP contribution in [-0.4, -0.2) is 5.84 Å². The minimum atomic E-state index is 0.404. The van der Waals surface area contributed by atoms with Crippen molar-refractivity contribution in [3.05, 3.63) is 29.3 Å². The van der Waals surface area contributed by atoms with Gasteiger partial charge < -0.3 is 5.73 Å². The van der Waals surface area contributed by atoms with E-state index in [1.807, 2.05) is 18.2 Å². The van der Waals surface area contributed by atoms with E-state index in [4.69, 9.17) is 11.0 Å². The standard InChI is InChI=1S/C13H13N3/c14-7-8-4-5-12-11(6-8)9-2-1-3-10(9)13(15)16-12/h4-6,9-10H,1-3H2,(H2,15,16). The van der Waals surface area contributed by atoms with E-state index < -0.39 is 0 Å². The molecule has 1 aromatic rings. The molecule has 2 atom stereocenters. The second kappa shape index (κ2) is 3.34. The number of aliphatic imine (C=N–C) groups is 1. The van der Waals surface area contributed by atoms with E-state index in [-0.39, 0.29) is 0 Å². The van der Waals surface area contributed by atoms with Crippen LogP contribution in [0, 0.1) is 17.2 Å². The van der Waals surface area contributed by atoms with Crippen molar-refractivity contribution >= 4 is 11.5 Å². The Morgan fingerprint density at radius 1 is 1.31 bits per heavy atom. The molecule has 16 heavy (non-hydrogen) atoms. The Morgan fingerprint density at radius 3 is 2.94 bits per heavy atom. The maximum absolute atomic E-state index is 8.92. The molecule has 1 aromatic carbocycles. The highest BCUT2D eigenvalue weighted by molar-refractivity contribution is 5.89. The monoisotopic (exact) mass is 211 g/mol. The van der Waals surface area contributed by atoms with E-state index in [2.05, 4.69) is 11.1 Å². The highest BCUT2D eigenvalue weighted by atomic mass is 14.9. The first-order valence-corrected chi connectivity index (χ1v) is 5.67. The summed E-state index contributed by atoms with van der Waals surface area (Å²) < 4.78 is 0. The van der Waals surface area contributed by atoms with Crippen LogP contribution in [-0.2, 0) is 0 Å². The summed E-state index contributed by atoms with van der Waals surface area (Å²) in [4.78, 5) is 4.45. The summed E-state index contributed by atoms with van der Waals surface area (Å²) in [7, 11) is 0. The van der Waals surface area contributed by atoms with Gasteiger partial charge in [-0.25, -0.2) is 4.99 Å². The van der Waals surface area contributed by atoms with Crippen LogP contribution >= 0.6 is 0 Å². The second-order valence-electron chi connectivity index (χ2n) is 4.57. The molecule has 2 unspecified atom stereocenters. The SMILES string of the molecule is N#Cc1ccc2c(c1)C1CCCC1C(N)=N2. The van der Waals surface area contributed by atoms with Crippen LogP contribution in [0.2, 0.25) is 0 Å². The van der Waals surface area contributed by atoms with Crippen molar-refractivity contribution in [1.82, 2.24) is 0 Å². The largest absolute Gasteiger partial charge is 0.387 e. The summed E-state index contributed by atoms with van der Waals surface area (Å²) in [6, 6.07) is 7.89. The van der Waals surface area contributed by atoms with Gasteiger partial charge in [0.1, 0.15) is 5.84 Å². The zero-order chi connectivity index (χ0) is 11.1. The molecule has 2 N–H and O–H groups in total. The highest BCUT2D eigenvalue weighted by Gasteiger charge is 2.35. The van der Waals surface area contributed by atoms with Crippen molar-refractivity contribution in [2.75, 3.05) is 0 Å². The van der Waals surface area contributed by atoms with Crippen LogP contribution < -0.4 is 5.73 Å². The van der Waals surface area contributed by atoms with Crippen LogP contribution in [0.1, 0.15) is 36.3 Å². The molecule has 3 heteroatoms. The van der Waals surface area contributed by atoms with Gasteiger partial charge in [0.15, 0.2) is 0 Å². The van der Waals surface area contributed by atoms with E-state index >= 15 is 0 Å². The third-order valence-corrected chi connectivity index (χ3v) is 3.70. The average Bonchev–Trinajstić information content (AvgIpc) is 2.78. The van der Waals surface area contributed by atoms with Crippen molar-refractivity contribution in [2.24, 2.45) is 16.6 Å². The van der Waals surface area contributed by atoms with Crippen molar-refractivity contribution in [3.63, 3.8) is 0 Å². The minimum absolute atomic E-state index is 0.404. The molecule has 0 amide bonds. The normalized spacial score (nSPS) is 26.6. The fourth-order valence-electron chi connectivity index (χ4n) is 2.93. The molecule has 3 rings (SSSR count). The van der Waals surface area contributed by atoms with E-state index in [1.165, 1.54) is 18.4 Å². The van der Waals surface area contributed by atoms with Gasteiger partial charge in [0.05, 0.1) is 17.3 Å². The van der Waals surface area contributed by atoms with E-state index in [9.17, 15) is 0 Å². The predicted octanol–water partition coefficient (Wildman–Crippen LogP) is 2.44.